The average Bonchev–Trinajstić information content (AvgIpc) is 2.49. The molecule has 0 fully saturated rings. The highest BCUT2D eigenvalue weighted by Gasteiger charge is 2.44. The zero-order valence-corrected chi connectivity index (χ0v) is 12.3. The maximum atomic E-state index is 12.9. The van der Waals surface area contributed by atoms with Gasteiger partial charge < -0.3 is 16.0 Å². The van der Waals surface area contributed by atoms with E-state index in [0.29, 0.717) is 0 Å². The number of carbonyl (C=O) groups is 1. The van der Waals surface area contributed by atoms with Crippen LogP contribution in [0.5, 0.6) is 0 Å². The molecule has 0 spiro atoms. The predicted octanol–water partition coefficient (Wildman–Crippen LogP) is 3.84. The number of rotatable bonds is 4. The van der Waals surface area contributed by atoms with Gasteiger partial charge in [-0.2, -0.15) is 13.2 Å². The molecule has 124 valence electrons. The molecule has 4 nitrogen and oxygen atoms in total. The minimum Gasteiger partial charge on any atom is -0.479 e. The zero-order chi connectivity index (χ0) is 16.4. The summed E-state index contributed by atoms with van der Waals surface area (Å²) < 4.78 is 43.8. The second-order valence-electron chi connectivity index (χ2n) is 4.64. The highest BCUT2D eigenvalue weighted by atomic mass is 19.4. The molecule has 2 rings (SSSR count). The Labute approximate surface area is 131 Å². The van der Waals surface area contributed by atoms with E-state index in [4.69, 9.17) is 4.74 Å². The highest BCUT2D eigenvalue weighted by molar-refractivity contribution is 5.84. The number of alkyl halides is 3. The second kappa shape index (κ2) is 6.80. The van der Waals surface area contributed by atoms with Crippen LogP contribution in [0.25, 0.3) is 0 Å². The molecular weight excluding hydrogens is 311 g/mol. The molecular formula is C16H16F3NO3. The SMILES string of the molecule is COC(C(=O)O)(c1ccccc1)c1cccc(C(F)(F)F)c1.N. The molecule has 7 heteroatoms. The highest BCUT2D eigenvalue weighted by Crippen LogP contribution is 2.37. The largest absolute Gasteiger partial charge is 0.479 e. The van der Waals surface area contributed by atoms with E-state index in [1.807, 2.05) is 0 Å². The predicted molar refractivity (Wildman–Crippen MR) is 78.3 cm³/mol. The number of methoxy groups -OCH3 is 1. The van der Waals surface area contributed by atoms with Crippen molar-refractivity contribution in [3.63, 3.8) is 0 Å². The number of carboxylic acids is 1. The fourth-order valence-corrected chi connectivity index (χ4v) is 2.32. The molecule has 0 aliphatic heterocycles. The fourth-order valence-electron chi connectivity index (χ4n) is 2.32. The average molecular weight is 327 g/mol. The van der Waals surface area contributed by atoms with Crippen molar-refractivity contribution in [2.75, 3.05) is 7.11 Å². The molecule has 2 aromatic carbocycles. The molecule has 0 saturated carbocycles. The normalized spacial score (nSPS) is 13.7. The Hall–Kier alpha value is -2.38. The van der Waals surface area contributed by atoms with Crippen molar-refractivity contribution in [2.24, 2.45) is 0 Å². The molecule has 1 atom stereocenters. The van der Waals surface area contributed by atoms with Crippen molar-refractivity contribution in [1.82, 2.24) is 6.15 Å². The van der Waals surface area contributed by atoms with E-state index in [0.717, 1.165) is 25.3 Å². The number of halogens is 3. The smallest absolute Gasteiger partial charge is 0.416 e. The zero-order valence-electron chi connectivity index (χ0n) is 12.3. The van der Waals surface area contributed by atoms with Gasteiger partial charge in [-0.25, -0.2) is 4.79 Å². The van der Waals surface area contributed by atoms with E-state index in [2.05, 4.69) is 0 Å². The first-order chi connectivity index (χ1) is 10.3. The van der Waals surface area contributed by atoms with Crippen LogP contribution in [-0.4, -0.2) is 18.2 Å². The minimum atomic E-state index is -4.56. The third-order valence-electron chi connectivity index (χ3n) is 3.38. The summed E-state index contributed by atoms with van der Waals surface area (Å²) in [6.07, 6.45) is -4.56. The van der Waals surface area contributed by atoms with Gasteiger partial charge in [0, 0.05) is 12.7 Å². The first-order valence-corrected chi connectivity index (χ1v) is 6.34. The molecule has 0 saturated heterocycles. The number of hydrogen-bond donors (Lipinski definition) is 2. The van der Waals surface area contributed by atoms with E-state index < -0.39 is 23.3 Å². The Balaban J connectivity index is 0.00000264. The summed E-state index contributed by atoms with van der Waals surface area (Å²) in [5, 5.41) is 9.62. The molecule has 0 radical (unpaired) electrons. The van der Waals surface area contributed by atoms with E-state index in [1.54, 1.807) is 18.2 Å². The van der Waals surface area contributed by atoms with Gasteiger partial charge in [-0.3, -0.25) is 0 Å². The van der Waals surface area contributed by atoms with E-state index in [1.165, 1.54) is 18.2 Å². The molecule has 0 aliphatic carbocycles. The lowest BCUT2D eigenvalue weighted by Gasteiger charge is -2.29. The Bertz CT molecular complexity index is 674. The van der Waals surface area contributed by atoms with Gasteiger partial charge in [-0.05, 0) is 17.7 Å². The topological polar surface area (TPSA) is 81.5 Å². The molecule has 0 heterocycles. The van der Waals surface area contributed by atoms with Gasteiger partial charge >= 0.3 is 12.1 Å². The molecule has 1 unspecified atom stereocenters. The number of benzene rings is 2. The van der Waals surface area contributed by atoms with Gasteiger partial charge in [-0.15, -0.1) is 0 Å². The van der Waals surface area contributed by atoms with Crippen LogP contribution in [0, 0.1) is 0 Å². The first kappa shape index (κ1) is 18.7. The van der Waals surface area contributed by atoms with Crippen LogP contribution in [0.4, 0.5) is 13.2 Å². The Morgan fingerprint density at radius 2 is 1.48 bits per heavy atom. The van der Waals surface area contributed by atoms with Gasteiger partial charge in [0.15, 0.2) is 0 Å². The molecule has 0 aromatic heterocycles. The van der Waals surface area contributed by atoms with Crippen molar-refractivity contribution < 1.29 is 27.8 Å². The van der Waals surface area contributed by atoms with E-state index in [-0.39, 0.29) is 17.3 Å². The third-order valence-corrected chi connectivity index (χ3v) is 3.38. The Morgan fingerprint density at radius 3 is 1.96 bits per heavy atom. The van der Waals surface area contributed by atoms with Crippen molar-refractivity contribution in [1.29, 1.82) is 0 Å². The van der Waals surface area contributed by atoms with Crippen LogP contribution < -0.4 is 6.15 Å². The summed E-state index contributed by atoms with van der Waals surface area (Å²) in [5.74, 6) is -1.39. The van der Waals surface area contributed by atoms with Crippen molar-refractivity contribution in [3.05, 3.63) is 71.3 Å². The van der Waals surface area contributed by atoms with E-state index >= 15 is 0 Å². The lowest BCUT2D eigenvalue weighted by Crippen LogP contribution is -2.39. The number of hydrogen-bond acceptors (Lipinski definition) is 3. The van der Waals surface area contributed by atoms with Gasteiger partial charge in [0.1, 0.15) is 0 Å². The summed E-state index contributed by atoms with van der Waals surface area (Å²) in [7, 11) is 1.15. The van der Waals surface area contributed by atoms with Crippen molar-refractivity contribution >= 4 is 5.97 Å². The van der Waals surface area contributed by atoms with Crippen molar-refractivity contribution in [3.8, 4) is 0 Å². The lowest BCUT2D eigenvalue weighted by atomic mass is 9.85. The third kappa shape index (κ3) is 3.35. The summed E-state index contributed by atoms with van der Waals surface area (Å²) in [5.41, 5.74) is -2.78. The molecule has 0 aliphatic rings. The summed E-state index contributed by atoms with van der Waals surface area (Å²) in [6.45, 7) is 0. The number of aliphatic carboxylic acids is 1. The summed E-state index contributed by atoms with van der Waals surface area (Å²) in [4.78, 5) is 11.8. The second-order valence-corrected chi connectivity index (χ2v) is 4.64. The quantitative estimate of drug-likeness (QED) is 0.894. The molecule has 0 bridgehead atoms. The van der Waals surface area contributed by atoms with Crippen LogP contribution in [0.1, 0.15) is 16.7 Å². The number of carboxylic acid groups (broad SMARTS) is 1. The van der Waals surface area contributed by atoms with Crippen LogP contribution in [0.3, 0.4) is 0 Å². The maximum absolute atomic E-state index is 12.9. The fraction of sp³-hybridized carbons (Fsp3) is 0.188. The number of ether oxygens (including phenoxy) is 1. The maximum Gasteiger partial charge on any atom is 0.416 e. The standard InChI is InChI=1S/C16H13F3O3.H3N/c1-22-15(14(20)21,11-6-3-2-4-7-11)12-8-5-9-13(10-12)16(17,18)19;/h2-10H,1H3,(H,20,21);1H3. The van der Waals surface area contributed by atoms with Crippen molar-refractivity contribution in [2.45, 2.75) is 11.8 Å². The van der Waals surface area contributed by atoms with Crippen LogP contribution in [-0.2, 0) is 21.3 Å². The van der Waals surface area contributed by atoms with Crippen LogP contribution in [0.15, 0.2) is 54.6 Å². The molecule has 2 aromatic rings. The molecule has 4 N–H and O–H groups in total. The van der Waals surface area contributed by atoms with Gasteiger partial charge in [0.25, 0.3) is 0 Å². The molecule has 23 heavy (non-hydrogen) atoms. The van der Waals surface area contributed by atoms with Crippen LogP contribution in [0.2, 0.25) is 0 Å². The van der Waals surface area contributed by atoms with Gasteiger partial charge in [0.2, 0.25) is 5.60 Å². The first-order valence-electron chi connectivity index (χ1n) is 6.34. The lowest BCUT2D eigenvalue weighted by molar-refractivity contribution is -0.158. The summed E-state index contributed by atoms with van der Waals surface area (Å²) >= 11 is 0. The molecule has 0 amide bonds. The van der Waals surface area contributed by atoms with E-state index in [9.17, 15) is 23.1 Å². The minimum absolute atomic E-state index is 0. The summed E-state index contributed by atoms with van der Waals surface area (Å²) in [6, 6.07) is 12.0. The van der Waals surface area contributed by atoms with Gasteiger partial charge in [0.05, 0.1) is 5.56 Å². The monoisotopic (exact) mass is 327 g/mol. The Morgan fingerprint density at radius 1 is 0.957 bits per heavy atom. The Kier molecular flexibility index (Phi) is 5.52. The van der Waals surface area contributed by atoms with Gasteiger partial charge in [-0.1, -0.05) is 42.5 Å². The van der Waals surface area contributed by atoms with Crippen LogP contribution >= 0.6 is 0 Å².